The summed E-state index contributed by atoms with van der Waals surface area (Å²) in [6.07, 6.45) is 7.00. The van der Waals surface area contributed by atoms with Crippen LogP contribution in [0, 0.1) is 11.3 Å². The number of aromatic nitrogens is 5. The molecule has 1 aliphatic rings. The molecule has 0 radical (unpaired) electrons. The molecule has 5 heterocycles. The van der Waals surface area contributed by atoms with Gasteiger partial charge in [-0.2, -0.15) is 5.26 Å². The lowest BCUT2D eigenvalue weighted by atomic mass is 10.1. The SMILES string of the molecule is CC1CN(c2ncnc3c2c(-c2ccccn2)cn3-c2cc(C#N)ccn2)CCN1. The van der Waals surface area contributed by atoms with E-state index in [9.17, 15) is 5.26 Å². The van der Waals surface area contributed by atoms with Crippen molar-refractivity contribution in [2.75, 3.05) is 24.5 Å². The van der Waals surface area contributed by atoms with Crippen LogP contribution in [0.1, 0.15) is 12.5 Å². The topological polar surface area (TPSA) is 95.5 Å². The second-order valence-corrected chi connectivity index (χ2v) is 7.34. The number of fused-ring (bicyclic) bond motifs is 1. The van der Waals surface area contributed by atoms with Crippen LogP contribution in [0.2, 0.25) is 0 Å². The molecule has 8 heteroatoms. The number of piperazine rings is 1. The Kier molecular flexibility index (Phi) is 4.58. The molecule has 1 aliphatic heterocycles. The quantitative estimate of drug-likeness (QED) is 0.568. The van der Waals surface area contributed by atoms with Crippen LogP contribution in [0.25, 0.3) is 28.1 Å². The van der Waals surface area contributed by atoms with Crippen molar-refractivity contribution >= 4 is 16.9 Å². The molecule has 1 atom stereocenters. The molecule has 0 spiro atoms. The van der Waals surface area contributed by atoms with E-state index >= 15 is 0 Å². The summed E-state index contributed by atoms with van der Waals surface area (Å²) in [4.78, 5) is 20.6. The number of hydrogen-bond acceptors (Lipinski definition) is 7. The van der Waals surface area contributed by atoms with Crippen molar-refractivity contribution < 1.29 is 0 Å². The lowest BCUT2D eigenvalue weighted by Crippen LogP contribution is -2.49. The van der Waals surface area contributed by atoms with Crippen LogP contribution in [-0.4, -0.2) is 50.2 Å². The van der Waals surface area contributed by atoms with Crippen molar-refractivity contribution in [2.24, 2.45) is 0 Å². The predicted octanol–water partition coefficient (Wildman–Crippen LogP) is 2.55. The molecule has 0 saturated carbocycles. The van der Waals surface area contributed by atoms with Gasteiger partial charge in [-0.05, 0) is 31.2 Å². The number of rotatable bonds is 3. The molecular formula is C22H20N8. The van der Waals surface area contributed by atoms with Crippen LogP contribution in [0.3, 0.4) is 0 Å². The third-order valence-electron chi connectivity index (χ3n) is 5.29. The first-order chi connectivity index (χ1) is 14.7. The Balaban J connectivity index is 1.77. The zero-order chi connectivity index (χ0) is 20.5. The largest absolute Gasteiger partial charge is 0.353 e. The van der Waals surface area contributed by atoms with Crippen molar-refractivity contribution in [3.63, 3.8) is 0 Å². The molecule has 1 fully saturated rings. The van der Waals surface area contributed by atoms with Crippen LogP contribution in [0.15, 0.2) is 55.2 Å². The van der Waals surface area contributed by atoms with Crippen LogP contribution >= 0.6 is 0 Å². The molecule has 8 nitrogen and oxygen atoms in total. The Hall–Kier alpha value is -3.83. The van der Waals surface area contributed by atoms with E-state index in [2.05, 4.69) is 43.1 Å². The fraction of sp³-hybridized carbons (Fsp3) is 0.227. The number of nitrogens with zero attached hydrogens (tertiary/aromatic N) is 7. The number of nitrogens with one attached hydrogen (secondary N) is 1. The van der Waals surface area contributed by atoms with Gasteiger partial charge in [0.1, 0.15) is 18.0 Å². The van der Waals surface area contributed by atoms with Crippen LogP contribution < -0.4 is 10.2 Å². The highest BCUT2D eigenvalue weighted by atomic mass is 15.3. The standard InChI is InChI=1S/C22H20N8/c1-15-12-29(9-8-24-15)21-20-17(18-4-2-3-6-25-18)13-30(22(20)28-14-27-21)19-10-16(11-23)5-7-26-19/h2-7,10,13-15,24H,8-9,12H2,1H3. The predicted molar refractivity (Wildman–Crippen MR) is 114 cm³/mol. The summed E-state index contributed by atoms with van der Waals surface area (Å²) in [5.74, 6) is 1.53. The van der Waals surface area contributed by atoms with E-state index in [1.54, 1.807) is 30.9 Å². The third-order valence-corrected chi connectivity index (χ3v) is 5.29. The molecule has 0 aliphatic carbocycles. The molecular weight excluding hydrogens is 376 g/mol. The first-order valence-corrected chi connectivity index (χ1v) is 9.87. The highest BCUT2D eigenvalue weighted by molar-refractivity contribution is 6.01. The first kappa shape index (κ1) is 18.2. The second-order valence-electron chi connectivity index (χ2n) is 7.34. The summed E-state index contributed by atoms with van der Waals surface area (Å²) in [5.41, 5.74) is 3.08. The second kappa shape index (κ2) is 7.54. The summed E-state index contributed by atoms with van der Waals surface area (Å²) in [6, 6.07) is 11.9. The van der Waals surface area contributed by atoms with Gasteiger partial charge in [0.2, 0.25) is 0 Å². The molecule has 0 amide bonds. The van der Waals surface area contributed by atoms with Crippen molar-refractivity contribution in [3.8, 4) is 23.1 Å². The van der Waals surface area contributed by atoms with Gasteiger partial charge in [-0.15, -0.1) is 0 Å². The molecule has 1 N–H and O–H groups in total. The molecule has 0 aromatic carbocycles. The lowest BCUT2D eigenvalue weighted by Gasteiger charge is -2.33. The fourth-order valence-electron chi connectivity index (χ4n) is 3.92. The maximum atomic E-state index is 9.31. The first-order valence-electron chi connectivity index (χ1n) is 9.87. The third kappa shape index (κ3) is 3.15. The van der Waals surface area contributed by atoms with Crippen molar-refractivity contribution in [1.29, 1.82) is 5.26 Å². The number of nitriles is 1. The van der Waals surface area contributed by atoms with Crippen LogP contribution in [0.4, 0.5) is 5.82 Å². The summed E-state index contributed by atoms with van der Waals surface area (Å²) in [7, 11) is 0. The van der Waals surface area contributed by atoms with E-state index in [0.717, 1.165) is 47.7 Å². The summed E-state index contributed by atoms with van der Waals surface area (Å²) in [5, 5.41) is 13.7. The van der Waals surface area contributed by atoms with Gasteiger partial charge in [0.25, 0.3) is 0 Å². The monoisotopic (exact) mass is 396 g/mol. The van der Waals surface area contributed by atoms with Crippen molar-refractivity contribution in [1.82, 2.24) is 29.8 Å². The van der Waals surface area contributed by atoms with Gasteiger partial charge >= 0.3 is 0 Å². The maximum Gasteiger partial charge on any atom is 0.151 e. The summed E-state index contributed by atoms with van der Waals surface area (Å²) >= 11 is 0. The van der Waals surface area contributed by atoms with Crippen LogP contribution in [-0.2, 0) is 0 Å². The highest BCUT2D eigenvalue weighted by Gasteiger charge is 2.24. The fourth-order valence-corrected chi connectivity index (χ4v) is 3.92. The number of anilines is 1. The Morgan fingerprint density at radius 1 is 1.13 bits per heavy atom. The molecule has 5 rings (SSSR count). The van der Waals surface area contributed by atoms with Gasteiger partial charge in [0.05, 0.1) is 22.7 Å². The van der Waals surface area contributed by atoms with Gasteiger partial charge < -0.3 is 10.2 Å². The van der Waals surface area contributed by atoms with Gasteiger partial charge in [-0.3, -0.25) is 9.55 Å². The van der Waals surface area contributed by atoms with Crippen molar-refractivity contribution in [2.45, 2.75) is 13.0 Å². The maximum absolute atomic E-state index is 9.31. The molecule has 4 aromatic rings. The van der Waals surface area contributed by atoms with E-state index < -0.39 is 0 Å². The normalized spacial score (nSPS) is 16.5. The summed E-state index contributed by atoms with van der Waals surface area (Å²) in [6.45, 7) is 4.80. The minimum absolute atomic E-state index is 0.373. The van der Waals surface area contributed by atoms with Gasteiger partial charge in [-0.1, -0.05) is 6.07 Å². The molecule has 148 valence electrons. The molecule has 1 unspecified atom stereocenters. The molecule has 1 saturated heterocycles. The number of pyridine rings is 2. The summed E-state index contributed by atoms with van der Waals surface area (Å²) < 4.78 is 1.91. The Morgan fingerprint density at radius 2 is 2.07 bits per heavy atom. The van der Waals surface area contributed by atoms with E-state index in [1.807, 2.05) is 29.0 Å². The van der Waals surface area contributed by atoms with Gasteiger partial charge in [0, 0.05) is 49.8 Å². The molecule has 0 bridgehead atoms. The number of hydrogen-bond donors (Lipinski definition) is 1. The van der Waals surface area contributed by atoms with E-state index in [1.165, 1.54) is 0 Å². The minimum atomic E-state index is 0.373. The lowest BCUT2D eigenvalue weighted by molar-refractivity contribution is 0.483. The zero-order valence-electron chi connectivity index (χ0n) is 16.5. The Labute approximate surface area is 173 Å². The van der Waals surface area contributed by atoms with Gasteiger partial charge in [0.15, 0.2) is 5.65 Å². The zero-order valence-corrected chi connectivity index (χ0v) is 16.5. The Morgan fingerprint density at radius 3 is 2.87 bits per heavy atom. The van der Waals surface area contributed by atoms with E-state index in [-0.39, 0.29) is 0 Å². The van der Waals surface area contributed by atoms with E-state index in [4.69, 9.17) is 0 Å². The molecule has 30 heavy (non-hydrogen) atoms. The average molecular weight is 396 g/mol. The smallest absolute Gasteiger partial charge is 0.151 e. The van der Waals surface area contributed by atoms with Crippen molar-refractivity contribution in [3.05, 3.63) is 60.8 Å². The highest BCUT2D eigenvalue weighted by Crippen LogP contribution is 2.35. The van der Waals surface area contributed by atoms with E-state index in [0.29, 0.717) is 17.4 Å². The van der Waals surface area contributed by atoms with Crippen LogP contribution in [0.5, 0.6) is 0 Å². The minimum Gasteiger partial charge on any atom is -0.353 e. The van der Waals surface area contributed by atoms with Gasteiger partial charge in [-0.25, -0.2) is 15.0 Å². The Bertz CT molecular complexity index is 1240. The average Bonchev–Trinajstić information content (AvgIpc) is 3.20. The molecule has 4 aromatic heterocycles.